The van der Waals surface area contributed by atoms with Crippen molar-refractivity contribution in [2.75, 3.05) is 0 Å². The molecule has 0 aliphatic heterocycles. The van der Waals surface area contributed by atoms with E-state index in [4.69, 9.17) is 0 Å². The van der Waals surface area contributed by atoms with Crippen LogP contribution in [0.1, 0.15) is 0 Å². The Bertz CT molecular complexity index is 1800. The predicted molar refractivity (Wildman–Crippen MR) is 159 cm³/mol. The highest BCUT2D eigenvalue weighted by Crippen LogP contribution is 2.31. The number of benzene rings is 6. The van der Waals surface area contributed by atoms with Crippen LogP contribution >= 0.6 is 0 Å². The fraction of sp³-hybridized carbons (Fsp3) is 0. The normalized spacial score (nSPS) is 11.2. The minimum absolute atomic E-state index is 0.911. The molecule has 0 saturated carbocycles. The van der Waals surface area contributed by atoms with Gasteiger partial charge < -0.3 is 0 Å². The molecular weight excluding hydrogens is 460 g/mol. The summed E-state index contributed by atoms with van der Waals surface area (Å²) >= 11 is 0. The summed E-state index contributed by atoms with van der Waals surface area (Å²) in [5.74, 6) is 0. The van der Waals surface area contributed by atoms with Gasteiger partial charge in [0.05, 0.1) is 11.4 Å². The summed E-state index contributed by atoms with van der Waals surface area (Å²) < 4.78 is 0. The maximum absolute atomic E-state index is 4.62. The van der Waals surface area contributed by atoms with Crippen molar-refractivity contribution in [3.63, 3.8) is 0 Å². The molecule has 0 aliphatic carbocycles. The zero-order valence-electron chi connectivity index (χ0n) is 20.8. The molecule has 2 nitrogen and oxygen atoms in total. The molecule has 178 valence electrons. The van der Waals surface area contributed by atoms with E-state index in [2.05, 4.69) is 149 Å². The third-order valence-electron chi connectivity index (χ3n) is 7.15. The Hall–Kier alpha value is -5.08. The van der Waals surface area contributed by atoms with Crippen molar-refractivity contribution in [1.82, 2.24) is 9.97 Å². The van der Waals surface area contributed by atoms with Crippen molar-refractivity contribution in [2.45, 2.75) is 0 Å². The minimum Gasteiger partial charge on any atom is -0.236 e. The molecule has 38 heavy (non-hydrogen) atoms. The van der Waals surface area contributed by atoms with Gasteiger partial charge in [0, 0.05) is 11.1 Å². The van der Waals surface area contributed by atoms with Crippen LogP contribution < -0.4 is 0 Å². The molecule has 0 unspecified atom stereocenters. The summed E-state index contributed by atoms with van der Waals surface area (Å²) in [6.07, 6.45) is 1.66. The van der Waals surface area contributed by atoms with Crippen molar-refractivity contribution in [2.24, 2.45) is 0 Å². The maximum Gasteiger partial charge on any atom is 0.116 e. The first-order chi connectivity index (χ1) is 18.8. The molecule has 7 aromatic rings. The second-order valence-electron chi connectivity index (χ2n) is 9.57. The highest BCUT2D eigenvalue weighted by molar-refractivity contribution is 5.89. The lowest BCUT2D eigenvalue weighted by Crippen LogP contribution is -1.90. The van der Waals surface area contributed by atoms with Gasteiger partial charge >= 0.3 is 0 Å². The number of fused-ring (bicyclic) bond motifs is 2. The number of aromatic nitrogens is 2. The van der Waals surface area contributed by atoms with E-state index in [0.29, 0.717) is 0 Å². The summed E-state index contributed by atoms with van der Waals surface area (Å²) in [5, 5.41) is 4.98. The SMILES string of the molecule is c1cc(-c2ccc3ccccc3c2)cc(-c2cc(-c3cccc(-c4ccc5ccccc5c4)c3)ncn2)c1. The molecule has 0 radical (unpaired) electrons. The van der Waals surface area contributed by atoms with Gasteiger partial charge in [0.15, 0.2) is 0 Å². The lowest BCUT2D eigenvalue weighted by Gasteiger charge is -2.09. The van der Waals surface area contributed by atoms with Gasteiger partial charge in [-0.25, -0.2) is 9.97 Å². The molecule has 6 aromatic carbocycles. The van der Waals surface area contributed by atoms with Gasteiger partial charge in [-0.05, 0) is 74.1 Å². The molecule has 0 amide bonds. The average Bonchev–Trinajstić information content (AvgIpc) is 3.01. The zero-order chi connectivity index (χ0) is 25.3. The third-order valence-corrected chi connectivity index (χ3v) is 7.15. The molecule has 0 fully saturated rings. The van der Waals surface area contributed by atoms with Gasteiger partial charge in [-0.1, -0.05) is 109 Å². The predicted octanol–water partition coefficient (Wildman–Crippen LogP) is 9.45. The number of hydrogen-bond acceptors (Lipinski definition) is 2. The summed E-state index contributed by atoms with van der Waals surface area (Å²) in [5.41, 5.74) is 8.71. The van der Waals surface area contributed by atoms with Crippen LogP contribution in [0.5, 0.6) is 0 Å². The van der Waals surface area contributed by atoms with Crippen LogP contribution in [0.3, 0.4) is 0 Å². The maximum atomic E-state index is 4.62. The van der Waals surface area contributed by atoms with Gasteiger partial charge in [0.1, 0.15) is 6.33 Å². The van der Waals surface area contributed by atoms with Crippen molar-refractivity contribution in [3.05, 3.63) is 146 Å². The first kappa shape index (κ1) is 22.1. The minimum atomic E-state index is 0.911. The second-order valence-corrected chi connectivity index (χ2v) is 9.57. The van der Waals surface area contributed by atoms with E-state index in [9.17, 15) is 0 Å². The monoisotopic (exact) mass is 484 g/mol. The van der Waals surface area contributed by atoms with E-state index in [-0.39, 0.29) is 0 Å². The standard InChI is InChI=1S/C36H24N2/c1-3-9-27-19-31(17-15-25(27)7-1)29-11-5-13-33(21-29)35-23-36(38-24-37-35)34-14-6-12-30(22-34)32-18-16-26-8-2-4-10-28(26)20-32/h1-24H. The summed E-state index contributed by atoms with van der Waals surface area (Å²) in [7, 11) is 0. The van der Waals surface area contributed by atoms with Crippen molar-refractivity contribution in [3.8, 4) is 44.8 Å². The van der Waals surface area contributed by atoms with Crippen LogP contribution in [0.25, 0.3) is 66.3 Å². The second kappa shape index (κ2) is 9.42. The van der Waals surface area contributed by atoms with Gasteiger partial charge in [0.25, 0.3) is 0 Å². The number of nitrogens with zero attached hydrogens (tertiary/aromatic N) is 2. The number of rotatable bonds is 4. The lowest BCUT2D eigenvalue weighted by molar-refractivity contribution is 1.18. The van der Waals surface area contributed by atoms with Crippen LogP contribution in [-0.2, 0) is 0 Å². The van der Waals surface area contributed by atoms with Crippen molar-refractivity contribution >= 4 is 21.5 Å². The van der Waals surface area contributed by atoms with E-state index in [1.807, 2.05) is 0 Å². The Morgan fingerprint density at radius 3 is 1.21 bits per heavy atom. The number of hydrogen-bond donors (Lipinski definition) is 0. The Labute approximate surface area is 221 Å². The van der Waals surface area contributed by atoms with E-state index in [0.717, 1.165) is 22.5 Å². The van der Waals surface area contributed by atoms with Crippen LogP contribution in [0.15, 0.2) is 146 Å². The Morgan fingerprint density at radius 2 is 0.711 bits per heavy atom. The lowest BCUT2D eigenvalue weighted by atomic mass is 9.97. The van der Waals surface area contributed by atoms with Crippen LogP contribution in [-0.4, -0.2) is 9.97 Å². The third kappa shape index (κ3) is 4.23. The fourth-order valence-electron chi connectivity index (χ4n) is 5.13. The molecule has 0 bridgehead atoms. The quantitative estimate of drug-likeness (QED) is 0.249. The highest BCUT2D eigenvalue weighted by atomic mass is 14.8. The topological polar surface area (TPSA) is 25.8 Å². The molecule has 0 spiro atoms. The zero-order valence-corrected chi connectivity index (χ0v) is 20.8. The van der Waals surface area contributed by atoms with Gasteiger partial charge in [-0.3, -0.25) is 0 Å². The van der Waals surface area contributed by atoms with Gasteiger partial charge in [-0.2, -0.15) is 0 Å². The fourth-order valence-corrected chi connectivity index (χ4v) is 5.13. The first-order valence-electron chi connectivity index (χ1n) is 12.8. The smallest absolute Gasteiger partial charge is 0.116 e. The largest absolute Gasteiger partial charge is 0.236 e. The van der Waals surface area contributed by atoms with Crippen molar-refractivity contribution in [1.29, 1.82) is 0 Å². The van der Waals surface area contributed by atoms with Crippen LogP contribution in [0, 0.1) is 0 Å². The molecule has 0 atom stereocenters. The van der Waals surface area contributed by atoms with E-state index < -0.39 is 0 Å². The summed E-state index contributed by atoms with van der Waals surface area (Å²) in [6.45, 7) is 0. The molecule has 2 heteroatoms. The van der Waals surface area contributed by atoms with E-state index >= 15 is 0 Å². The Kier molecular flexibility index (Phi) is 5.49. The average molecular weight is 485 g/mol. The molecule has 7 rings (SSSR count). The molecular formula is C36H24N2. The molecule has 1 aromatic heterocycles. The molecule has 0 saturated heterocycles. The first-order valence-corrected chi connectivity index (χ1v) is 12.8. The van der Waals surface area contributed by atoms with Gasteiger partial charge in [-0.15, -0.1) is 0 Å². The molecule has 1 heterocycles. The molecule has 0 aliphatic rings. The van der Waals surface area contributed by atoms with E-state index in [1.54, 1.807) is 6.33 Å². The summed E-state index contributed by atoms with van der Waals surface area (Å²) in [4.78, 5) is 9.25. The summed E-state index contributed by atoms with van der Waals surface area (Å²) in [6, 6.07) is 49.4. The van der Waals surface area contributed by atoms with Gasteiger partial charge in [0.2, 0.25) is 0 Å². The molecule has 0 N–H and O–H groups in total. The van der Waals surface area contributed by atoms with Crippen LogP contribution in [0.4, 0.5) is 0 Å². The van der Waals surface area contributed by atoms with Crippen LogP contribution in [0.2, 0.25) is 0 Å². The Morgan fingerprint density at radius 1 is 0.289 bits per heavy atom. The Balaban J connectivity index is 1.23. The highest BCUT2D eigenvalue weighted by Gasteiger charge is 2.08. The van der Waals surface area contributed by atoms with Crippen molar-refractivity contribution < 1.29 is 0 Å². The van der Waals surface area contributed by atoms with E-state index in [1.165, 1.54) is 43.8 Å².